The van der Waals surface area contributed by atoms with E-state index in [0.29, 0.717) is 6.42 Å². The molecule has 1 fully saturated rings. The Kier molecular flexibility index (Phi) is 7.24. The molecule has 6 heteroatoms. The molecule has 27 heavy (non-hydrogen) atoms. The van der Waals surface area contributed by atoms with Crippen molar-refractivity contribution in [1.82, 2.24) is 9.88 Å². The zero-order chi connectivity index (χ0) is 19.1. The molecular formula is C21H30N4OS. The van der Waals surface area contributed by atoms with Crippen molar-refractivity contribution < 1.29 is 4.79 Å². The lowest BCUT2D eigenvalue weighted by Gasteiger charge is -2.25. The number of carbonyl (C=O) groups is 1. The van der Waals surface area contributed by atoms with Gasteiger partial charge >= 0.3 is 0 Å². The second kappa shape index (κ2) is 9.85. The van der Waals surface area contributed by atoms with Gasteiger partial charge in [0.05, 0.1) is 18.7 Å². The molecule has 1 aliphatic rings. The van der Waals surface area contributed by atoms with Crippen LogP contribution in [0.3, 0.4) is 0 Å². The second-order valence-corrected chi connectivity index (χ2v) is 7.96. The van der Waals surface area contributed by atoms with E-state index < -0.39 is 0 Å². The maximum atomic E-state index is 12.3. The SMILES string of the molecule is CCN(CC)c1ccc(NC(=O)Cc2csc(CN3CCCCC3)n2)cc1. The van der Waals surface area contributed by atoms with Crippen LogP contribution in [0, 0.1) is 0 Å². The van der Waals surface area contributed by atoms with Gasteiger partial charge in [0.25, 0.3) is 0 Å². The molecule has 1 N–H and O–H groups in total. The minimum absolute atomic E-state index is 0.0135. The number of nitrogens with zero attached hydrogens (tertiary/aromatic N) is 3. The molecule has 1 aromatic carbocycles. The Hall–Kier alpha value is -1.92. The van der Waals surface area contributed by atoms with Crippen molar-refractivity contribution in [1.29, 1.82) is 0 Å². The molecule has 0 spiro atoms. The summed E-state index contributed by atoms with van der Waals surface area (Å²) in [5.74, 6) is -0.0135. The number of thiazole rings is 1. The molecule has 2 heterocycles. The summed E-state index contributed by atoms with van der Waals surface area (Å²) >= 11 is 1.66. The summed E-state index contributed by atoms with van der Waals surface area (Å²) in [4.78, 5) is 21.7. The largest absolute Gasteiger partial charge is 0.372 e. The van der Waals surface area contributed by atoms with Crippen LogP contribution >= 0.6 is 11.3 Å². The zero-order valence-corrected chi connectivity index (χ0v) is 17.2. The molecule has 5 nitrogen and oxygen atoms in total. The van der Waals surface area contributed by atoms with E-state index in [1.165, 1.54) is 38.0 Å². The molecule has 3 rings (SSSR count). The van der Waals surface area contributed by atoms with Crippen LogP contribution in [-0.2, 0) is 17.8 Å². The molecule has 0 unspecified atom stereocenters. The van der Waals surface area contributed by atoms with Gasteiger partial charge in [0.2, 0.25) is 5.91 Å². The summed E-state index contributed by atoms with van der Waals surface area (Å²) < 4.78 is 0. The van der Waals surface area contributed by atoms with Gasteiger partial charge in [-0.05, 0) is 64.0 Å². The predicted octanol–water partition coefficient (Wildman–Crippen LogP) is 4.16. The maximum Gasteiger partial charge on any atom is 0.230 e. The van der Waals surface area contributed by atoms with Crippen molar-refractivity contribution in [3.8, 4) is 0 Å². The van der Waals surface area contributed by atoms with Gasteiger partial charge in [0, 0.05) is 29.8 Å². The lowest BCUT2D eigenvalue weighted by atomic mass is 10.1. The third kappa shape index (κ3) is 5.78. The summed E-state index contributed by atoms with van der Waals surface area (Å²) in [7, 11) is 0. The molecule has 1 aliphatic heterocycles. The number of piperidine rings is 1. The van der Waals surface area contributed by atoms with Crippen LogP contribution in [0.1, 0.15) is 43.8 Å². The van der Waals surface area contributed by atoms with Crippen LogP contribution in [0.4, 0.5) is 11.4 Å². The van der Waals surface area contributed by atoms with Crippen molar-refractivity contribution in [2.24, 2.45) is 0 Å². The summed E-state index contributed by atoms with van der Waals surface area (Å²) in [6.45, 7) is 9.49. The molecule has 0 radical (unpaired) electrons. The molecule has 0 atom stereocenters. The summed E-state index contributed by atoms with van der Waals surface area (Å²) in [6.07, 6.45) is 4.24. The number of amides is 1. The summed E-state index contributed by atoms with van der Waals surface area (Å²) in [5, 5.41) is 6.11. The molecule has 2 aromatic rings. The molecule has 146 valence electrons. The number of aromatic nitrogens is 1. The third-order valence-corrected chi connectivity index (χ3v) is 5.91. The van der Waals surface area contributed by atoms with Crippen LogP contribution in [-0.4, -0.2) is 42.0 Å². The van der Waals surface area contributed by atoms with E-state index in [4.69, 9.17) is 0 Å². The molecular weight excluding hydrogens is 356 g/mol. The first-order valence-corrected chi connectivity index (χ1v) is 10.9. The van der Waals surface area contributed by atoms with E-state index >= 15 is 0 Å². The number of nitrogens with one attached hydrogen (secondary N) is 1. The lowest BCUT2D eigenvalue weighted by Crippen LogP contribution is -2.29. The Balaban J connectivity index is 1.50. The second-order valence-electron chi connectivity index (χ2n) is 7.01. The van der Waals surface area contributed by atoms with Gasteiger partial charge in [-0.25, -0.2) is 4.98 Å². The van der Waals surface area contributed by atoms with Gasteiger partial charge in [-0.3, -0.25) is 9.69 Å². The number of rotatable bonds is 8. The highest BCUT2D eigenvalue weighted by Gasteiger charge is 2.14. The highest BCUT2D eigenvalue weighted by Crippen LogP contribution is 2.19. The number of hydrogen-bond acceptors (Lipinski definition) is 5. The quantitative estimate of drug-likeness (QED) is 0.740. The predicted molar refractivity (Wildman–Crippen MR) is 114 cm³/mol. The van der Waals surface area contributed by atoms with Gasteiger partial charge in [-0.2, -0.15) is 0 Å². The van der Waals surface area contributed by atoms with Crippen LogP contribution < -0.4 is 10.2 Å². The minimum Gasteiger partial charge on any atom is -0.372 e. The van der Waals surface area contributed by atoms with Crippen molar-refractivity contribution in [2.75, 3.05) is 36.4 Å². The highest BCUT2D eigenvalue weighted by molar-refractivity contribution is 7.09. The lowest BCUT2D eigenvalue weighted by molar-refractivity contribution is -0.115. The van der Waals surface area contributed by atoms with Crippen LogP contribution in [0.2, 0.25) is 0 Å². The third-order valence-electron chi connectivity index (χ3n) is 5.03. The van der Waals surface area contributed by atoms with Gasteiger partial charge < -0.3 is 10.2 Å². The number of benzene rings is 1. The van der Waals surface area contributed by atoms with E-state index in [0.717, 1.165) is 36.0 Å². The first kappa shape index (κ1) is 19.8. The molecule has 0 saturated carbocycles. The van der Waals surface area contributed by atoms with Crippen molar-refractivity contribution >= 4 is 28.6 Å². The van der Waals surface area contributed by atoms with Crippen LogP contribution in [0.25, 0.3) is 0 Å². The number of carbonyl (C=O) groups excluding carboxylic acids is 1. The Morgan fingerprint density at radius 3 is 2.52 bits per heavy atom. The Morgan fingerprint density at radius 1 is 1.15 bits per heavy atom. The van der Waals surface area contributed by atoms with Gasteiger partial charge in [-0.15, -0.1) is 11.3 Å². The Morgan fingerprint density at radius 2 is 1.85 bits per heavy atom. The molecule has 1 amide bonds. The van der Waals surface area contributed by atoms with E-state index in [1.807, 2.05) is 17.5 Å². The fourth-order valence-electron chi connectivity index (χ4n) is 3.53. The average Bonchev–Trinajstić information content (AvgIpc) is 3.11. The molecule has 0 bridgehead atoms. The van der Waals surface area contributed by atoms with Gasteiger partial charge in [0.15, 0.2) is 0 Å². The van der Waals surface area contributed by atoms with E-state index in [9.17, 15) is 4.79 Å². The Labute approximate surface area is 166 Å². The number of hydrogen-bond donors (Lipinski definition) is 1. The topological polar surface area (TPSA) is 48.5 Å². The van der Waals surface area contributed by atoms with Crippen molar-refractivity contribution in [2.45, 2.75) is 46.1 Å². The highest BCUT2D eigenvalue weighted by atomic mass is 32.1. The summed E-state index contributed by atoms with van der Waals surface area (Å²) in [6, 6.07) is 8.05. The first-order chi connectivity index (χ1) is 13.2. The molecule has 0 aliphatic carbocycles. The van der Waals surface area contributed by atoms with E-state index in [2.05, 4.69) is 46.1 Å². The molecule has 1 saturated heterocycles. The fourth-order valence-corrected chi connectivity index (χ4v) is 4.36. The Bertz CT molecular complexity index is 718. The first-order valence-electron chi connectivity index (χ1n) is 9.98. The van der Waals surface area contributed by atoms with Gasteiger partial charge in [0.1, 0.15) is 5.01 Å². The normalized spacial score (nSPS) is 14.9. The van der Waals surface area contributed by atoms with E-state index in [1.54, 1.807) is 11.3 Å². The van der Waals surface area contributed by atoms with E-state index in [-0.39, 0.29) is 5.91 Å². The average molecular weight is 387 g/mol. The van der Waals surface area contributed by atoms with Gasteiger partial charge in [-0.1, -0.05) is 6.42 Å². The minimum atomic E-state index is -0.0135. The van der Waals surface area contributed by atoms with Crippen molar-refractivity contribution in [3.05, 3.63) is 40.3 Å². The monoisotopic (exact) mass is 386 g/mol. The molecule has 1 aromatic heterocycles. The van der Waals surface area contributed by atoms with Crippen LogP contribution in [0.5, 0.6) is 0 Å². The zero-order valence-electron chi connectivity index (χ0n) is 16.4. The summed E-state index contributed by atoms with van der Waals surface area (Å²) in [5.41, 5.74) is 2.88. The standard InChI is InChI=1S/C21H30N4OS/c1-3-25(4-2)19-10-8-17(9-11-19)22-20(26)14-18-16-27-21(23-18)15-24-12-6-5-7-13-24/h8-11,16H,3-7,12-15H2,1-2H3,(H,22,26). The maximum absolute atomic E-state index is 12.3. The number of anilines is 2. The van der Waals surface area contributed by atoms with Crippen LogP contribution in [0.15, 0.2) is 29.6 Å². The fraction of sp³-hybridized carbons (Fsp3) is 0.524. The number of likely N-dealkylation sites (tertiary alicyclic amines) is 1. The smallest absolute Gasteiger partial charge is 0.230 e. The van der Waals surface area contributed by atoms with Crippen molar-refractivity contribution in [3.63, 3.8) is 0 Å².